The molecule has 20 heavy (non-hydrogen) atoms. The lowest BCUT2D eigenvalue weighted by Crippen LogP contribution is -2.15. The number of hydrogen-bond donors (Lipinski definition) is 1. The van der Waals surface area contributed by atoms with Crippen LogP contribution in [0.25, 0.3) is 0 Å². The van der Waals surface area contributed by atoms with Crippen molar-refractivity contribution in [3.63, 3.8) is 0 Å². The Morgan fingerprint density at radius 2 is 1.50 bits per heavy atom. The zero-order valence-electron chi connectivity index (χ0n) is 11.7. The van der Waals surface area contributed by atoms with Gasteiger partial charge in [0.2, 0.25) is 0 Å². The third-order valence-corrected chi connectivity index (χ3v) is 3.15. The van der Waals surface area contributed by atoms with Gasteiger partial charge in [-0.15, -0.1) is 0 Å². The SMILES string of the molecule is CN(C)c1ccc(CNCc2c(F)cccc2F)cc1. The van der Waals surface area contributed by atoms with Crippen LogP contribution in [0, 0.1) is 11.6 Å². The van der Waals surface area contributed by atoms with Crippen molar-refractivity contribution in [3.8, 4) is 0 Å². The Morgan fingerprint density at radius 3 is 2.05 bits per heavy atom. The van der Waals surface area contributed by atoms with Crippen molar-refractivity contribution in [3.05, 3.63) is 65.2 Å². The van der Waals surface area contributed by atoms with Gasteiger partial charge in [0, 0.05) is 38.4 Å². The molecule has 0 aliphatic carbocycles. The van der Waals surface area contributed by atoms with Gasteiger partial charge in [0.05, 0.1) is 0 Å². The molecule has 106 valence electrons. The molecule has 0 heterocycles. The highest BCUT2D eigenvalue weighted by Gasteiger charge is 2.07. The molecule has 0 amide bonds. The summed E-state index contributed by atoms with van der Waals surface area (Å²) in [4.78, 5) is 2.02. The number of nitrogens with zero attached hydrogens (tertiary/aromatic N) is 1. The van der Waals surface area contributed by atoms with Gasteiger partial charge < -0.3 is 10.2 Å². The van der Waals surface area contributed by atoms with E-state index >= 15 is 0 Å². The van der Waals surface area contributed by atoms with E-state index in [4.69, 9.17) is 0 Å². The van der Waals surface area contributed by atoms with Crippen LogP contribution in [0.2, 0.25) is 0 Å². The van der Waals surface area contributed by atoms with Crippen molar-refractivity contribution >= 4 is 5.69 Å². The summed E-state index contributed by atoms with van der Waals surface area (Å²) in [6.07, 6.45) is 0. The summed E-state index contributed by atoms with van der Waals surface area (Å²) in [5.41, 5.74) is 2.28. The van der Waals surface area contributed by atoms with E-state index in [0.29, 0.717) is 6.54 Å². The average molecular weight is 276 g/mol. The fraction of sp³-hybridized carbons (Fsp3) is 0.250. The highest BCUT2D eigenvalue weighted by atomic mass is 19.1. The monoisotopic (exact) mass is 276 g/mol. The molecule has 0 bridgehead atoms. The largest absolute Gasteiger partial charge is 0.378 e. The van der Waals surface area contributed by atoms with Gasteiger partial charge in [0.1, 0.15) is 11.6 Å². The van der Waals surface area contributed by atoms with Crippen molar-refractivity contribution < 1.29 is 8.78 Å². The molecule has 0 saturated heterocycles. The maximum Gasteiger partial charge on any atom is 0.130 e. The Kier molecular flexibility index (Phi) is 4.69. The number of halogens is 2. The molecule has 2 nitrogen and oxygen atoms in total. The van der Waals surface area contributed by atoms with Crippen molar-refractivity contribution in [2.45, 2.75) is 13.1 Å². The number of nitrogens with one attached hydrogen (secondary N) is 1. The quantitative estimate of drug-likeness (QED) is 0.901. The second-order valence-corrected chi connectivity index (χ2v) is 4.86. The van der Waals surface area contributed by atoms with Crippen LogP contribution in [0.3, 0.4) is 0 Å². The van der Waals surface area contributed by atoms with Crippen LogP contribution in [-0.4, -0.2) is 14.1 Å². The third kappa shape index (κ3) is 3.54. The van der Waals surface area contributed by atoms with E-state index in [1.54, 1.807) is 0 Å². The minimum absolute atomic E-state index is 0.0809. The number of hydrogen-bond acceptors (Lipinski definition) is 2. The van der Waals surface area contributed by atoms with Crippen LogP contribution in [-0.2, 0) is 13.1 Å². The Labute approximate surface area is 118 Å². The summed E-state index contributed by atoms with van der Waals surface area (Å²) in [5, 5.41) is 3.05. The Hall–Kier alpha value is -1.94. The Balaban J connectivity index is 1.93. The first-order valence-electron chi connectivity index (χ1n) is 6.48. The highest BCUT2D eigenvalue weighted by molar-refractivity contribution is 5.45. The van der Waals surface area contributed by atoms with Gasteiger partial charge in [0.15, 0.2) is 0 Å². The van der Waals surface area contributed by atoms with Crippen molar-refractivity contribution in [2.75, 3.05) is 19.0 Å². The first-order valence-corrected chi connectivity index (χ1v) is 6.48. The van der Waals surface area contributed by atoms with Gasteiger partial charge in [0.25, 0.3) is 0 Å². The number of anilines is 1. The Morgan fingerprint density at radius 1 is 0.900 bits per heavy atom. The molecule has 2 aromatic rings. The van der Waals surface area contributed by atoms with Crippen LogP contribution in [0.5, 0.6) is 0 Å². The minimum Gasteiger partial charge on any atom is -0.378 e. The van der Waals surface area contributed by atoms with E-state index in [2.05, 4.69) is 5.32 Å². The summed E-state index contributed by atoms with van der Waals surface area (Å²) in [6.45, 7) is 0.745. The molecule has 0 aliphatic heterocycles. The zero-order valence-corrected chi connectivity index (χ0v) is 11.7. The maximum atomic E-state index is 13.4. The molecule has 0 atom stereocenters. The molecule has 0 saturated carbocycles. The van der Waals surface area contributed by atoms with Crippen molar-refractivity contribution in [1.29, 1.82) is 0 Å². The van der Waals surface area contributed by atoms with Crippen LogP contribution in [0.1, 0.15) is 11.1 Å². The van der Waals surface area contributed by atoms with Crippen LogP contribution >= 0.6 is 0 Å². The fourth-order valence-electron chi connectivity index (χ4n) is 1.94. The van der Waals surface area contributed by atoms with E-state index in [9.17, 15) is 8.78 Å². The number of benzene rings is 2. The third-order valence-electron chi connectivity index (χ3n) is 3.15. The molecule has 0 fully saturated rings. The van der Waals surface area contributed by atoms with Crippen LogP contribution in [0.15, 0.2) is 42.5 Å². The molecule has 2 aromatic carbocycles. The second kappa shape index (κ2) is 6.48. The topological polar surface area (TPSA) is 15.3 Å². The normalized spacial score (nSPS) is 10.6. The van der Waals surface area contributed by atoms with Gasteiger partial charge in [-0.3, -0.25) is 0 Å². The van der Waals surface area contributed by atoms with Gasteiger partial charge in [-0.25, -0.2) is 8.78 Å². The standard InChI is InChI=1S/C16H18F2N2/c1-20(2)13-8-6-12(7-9-13)10-19-11-14-15(17)4-3-5-16(14)18/h3-9,19H,10-11H2,1-2H3. The lowest BCUT2D eigenvalue weighted by Gasteiger charge is -2.13. The van der Waals surface area contributed by atoms with Gasteiger partial charge >= 0.3 is 0 Å². The predicted molar refractivity (Wildman–Crippen MR) is 77.7 cm³/mol. The molecule has 1 N–H and O–H groups in total. The van der Waals surface area contributed by atoms with Gasteiger partial charge in [-0.05, 0) is 29.8 Å². The van der Waals surface area contributed by atoms with Crippen LogP contribution < -0.4 is 10.2 Å². The highest BCUT2D eigenvalue weighted by Crippen LogP contribution is 2.14. The first-order chi connectivity index (χ1) is 9.58. The smallest absolute Gasteiger partial charge is 0.130 e. The summed E-state index contributed by atoms with van der Waals surface area (Å²) in [6, 6.07) is 11.9. The van der Waals surface area contributed by atoms with E-state index < -0.39 is 11.6 Å². The van der Waals surface area contributed by atoms with Gasteiger partial charge in [-0.2, -0.15) is 0 Å². The van der Waals surface area contributed by atoms with Crippen molar-refractivity contribution in [1.82, 2.24) is 5.32 Å². The summed E-state index contributed by atoms with van der Waals surface area (Å²) < 4.78 is 26.9. The van der Waals surface area contributed by atoms with Crippen molar-refractivity contribution in [2.24, 2.45) is 0 Å². The predicted octanol–water partition coefficient (Wildman–Crippen LogP) is 3.32. The molecule has 0 aromatic heterocycles. The van der Waals surface area contributed by atoms with Gasteiger partial charge in [-0.1, -0.05) is 18.2 Å². The fourth-order valence-corrected chi connectivity index (χ4v) is 1.94. The maximum absolute atomic E-state index is 13.4. The first kappa shape index (κ1) is 14.5. The lowest BCUT2D eigenvalue weighted by atomic mass is 10.1. The lowest BCUT2D eigenvalue weighted by molar-refractivity contribution is 0.535. The summed E-state index contributed by atoms with van der Waals surface area (Å²) in [7, 11) is 3.96. The molecule has 0 spiro atoms. The van der Waals surface area contributed by atoms with Crippen LogP contribution in [0.4, 0.5) is 14.5 Å². The molecular weight excluding hydrogens is 258 g/mol. The second-order valence-electron chi connectivity index (χ2n) is 4.86. The minimum atomic E-state index is -0.513. The average Bonchev–Trinajstić information content (AvgIpc) is 2.42. The Bertz CT molecular complexity index is 545. The van der Waals surface area contributed by atoms with E-state index in [1.165, 1.54) is 18.2 Å². The van der Waals surface area contributed by atoms with E-state index in [-0.39, 0.29) is 12.1 Å². The summed E-state index contributed by atoms with van der Waals surface area (Å²) in [5.74, 6) is -1.03. The zero-order chi connectivity index (χ0) is 14.5. The molecule has 0 aliphatic rings. The summed E-state index contributed by atoms with van der Waals surface area (Å²) >= 11 is 0. The molecular formula is C16H18F2N2. The van der Waals surface area contributed by atoms with E-state index in [1.807, 2.05) is 43.3 Å². The molecule has 0 radical (unpaired) electrons. The number of rotatable bonds is 5. The molecule has 2 rings (SSSR count). The van der Waals surface area contributed by atoms with E-state index in [0.717, 1.165) is 11.3 Å². The molecule has 0 unspecified atom stereocenters. The molecule has 4 heteroatoms.